The number of aliphatic carboxylic acids is 1. The lowest BCUT2D eigenvalue weighted by Crippen LogP contribution is -2.57. The summed E-state index contributed by atoms with van der Waals surface area (Å²) in [7, 11) is 0. The molecule has 1 aliphatic heterocycles. The molecule has 1 N–H and O–H groups in total. The maximum atomic E-state index is 12.4. The van der Waals surface area contributed by atoms with E-state index in [0.29, 0.717) is 13.0 Å². The first-order valence-corrected chi connectivity index (χ1v) is 8.04. The van der Waals surface area contributed by atoms with Gasteiger partial charge in [-0.15, -0.1) is 0 Å². The third kappa shape index (κ3) is 3.87. The van der Waals surface area contributed by atoms with E-state index in [1.165, 1.54) is 11.8 Å². The molecule has 24 heavy (non-hydrogen) atoms. The molecule has 1 amide bonds. The SMILES string of the molecule is CC(C)(C)OC(=O)N1CCC(OCc2ccccc2)C1(C)C(=O)O. The molecule has 0 saturated carbocycles. The molecule has 0 radical (unpaired) electrons. The van der Waals surface area contributed by atoms with E-state index in [0.717, 1.165) is 5.56 Å². The summed E-state index contributed by atoms with van der Waals surface area (Å²) in [5, 5.41) is 9.73. The van der Waals surface area contributed by atoms with E-state index in [9.17, 15) is 14.7 Å². The molecule has 0 aromatic heterocycles. The molecule has 0 bridgehead atoms. The summed E-state index contributed by atoms with van der Waals surface area (Å²) in [6.45, 7) is 7.36. The van der Waals surface area contributed by atoms with Gasteiger partial charge < -0.3 is 14.6 Å². The van der Waals surface area contributed by atoms with Crippen molar-refractivity contribution in [3.8, 4) is 0 Å². The van der Waals surface area contributed by atoms with Gasteiger partial charge >= 0.3 is 12.1 Å². The fourth-order valence-corrected chi connectivity index (χ4v) is 2.80. The second-order valence-electron chi connectivity index (χ2n) is 7.16. The van der Waals surface area contributed by atoms with Crippen molar-refractivity contribution in [3.05, 3.63) is 35.9 Å². The van der Waals surface area contributed by atoms with Crippen LogP contribution in [0.2, 0.25) is 0 Å². The lowest BCUT2D eigenvalue weighted by molar-refractivity contribution is -0.156. The molecule has 0 spiro atoms. The number of rotatable bonds is 4. The molecule has 1 aromatic rings. The summed E-state index contributed by atoms with van der Waals surface area (Å²) in [6, 6.07) is 9.54. The zero-order valence-corrected chi connectivity index (χ0v) is 14.6. The van der Waals surface area contributed by atoms with Crippen molar-refractivity contribution in [1.82, 2.24) is 4.90 Å². The van der Waals surface area contributed by atoms with Gasteiger partial charge in [-0.25, -0.2) is 9.59 Å². The smallest absolute Gasteiger partial charge is 0.411 e. The quantitative estimate of drug-likeness (QED) is 0.915. The predicted octanol–water partition coefficient (Wildman–Crippen LogP) is 3.06. The highest BCUT2D eigenvalue weighted by molar-refractivity contribution is 5.85. The first-order chi connectivity index (χ1) is 11.1. The Morgan fingerprint density at radius 2 is 1.92 bits per heavy atom. The maximum absolute atomic E-state index is 12.4. The molecule has 2 rings (SSSR count). The van der Waals surface area contributed by atoms with Gasteiger partial charge in [0.2, 0.25) is 0 Å². The second-order valence-corrected chi connectivity index (χ2v) is 7.16. The zero-order valence-electron chi connectivity index (χ0n) is 14.6. The van der Waals surface area contributed by atoms with E-state index < -0.39 is 29.3 Å². The number of carbonyl (C=O) groups is 2. The van der Waals surface area contributed by atoms with E-state index in [-0.39, 0.29) is 6.54 Å². The molecule has 1 aliphatic rings. The molecule has 6 heteroatoms. The monoisotopic (exact) mass is 335 g/mol. The summed E-state index contributed by atoms with van der Waals surface area (Å²) in [5.41, 5.74) is -1.17. The van der Waals surface area contributed by atoms with E-state index >= 15 is 0 Å². The van der Waals surface area contributed by atoms with Crippen molar-refractivity contribution < 1.29 is 24.2 Å². The minimum Gasteiger partial charge on any atom is -0.479 e. The molecule has 2 unspecified atom stereocenters. The van der Waals surface area contributed by atoms with Crippen LogP contribution in [-0.2, 0) is 20.9 Å². The van der Waals surface area contributed by atoms with Gasteiger partial charge in [-0.3, -0.25) is 4.90 Å². The fourth-order valence-electron chi connectivity index (χ4n) is 2.80. The Morgan fingerprint density at radius 3 is 2.46 bits per heavy atom. The highest BCUT2D eigenvalue weighted by Crippen LogP contribution is 2.34. The number of hydrogen-bond donors (Lipinski definition) is 1. The highest BCUT2D eigenvalue weighted by Gasteiger charge is 2.55. The van der Waals surface area contributed by atoms with Gasteiger partial charge in [0.05, 0.1) is 12.7 Å². The molecular weight excluding hydrogens is 310 g/mol. The number of amides is 1. The van der Waals surface area contributed by atoms with Gasteiger partial charge in [-0.1, -0.05) is 30.3 Å². The molecule has 2 atom stereocenters. The Hall–Kier alpha value is -2.08. The molecule has 1 saturated heterocycles. The van der Waals surface area contributed by atoms with Crippen LogP contribution < -0.4 is 0 Å². The van der Waals surface area contributed by atoms with E-state index in [2.05, 4.69) is 0 Å². The Balaban J connectivity index is 2.13. The summed E-state index contributed by atoms with van der Waals surface area (Å²) in [4.78, 5) is 25.5. The molecular formula is C18H25NO5. The number of carbonyl (C=O) groups excluding carboxylic acids is 1. The Bertz CT molecular complexity index is 595. The first kappa shape index (κ1) is 18.3. The Kier molecular flexibility index (Phi) is 5.18. The summed E-state index contributed by atoms with van der Waals surface area (Å²) in [6.07, 6.45) is -0.768. The van der Waals surface area contributed by atoms with E-state index in [1.807, 2.05) is 30.3 Å². The molecule has 1 aromatic carbocycles. The molecule has 1 heterocycles. The van der Waals surface area contributed by atoms with Crippen molar-refractivity contribution >= 4 is 12.1 Å². The van der Waals surface area contributed by atoms with Crippen LogP contribution in [-0.4, -0.2) is 45.9 Å². The van der Waals surface area contributed by atoms with Crippen LogP contribution in [0.15, 0.2) is 30.3 Å². The number of carboxylic acid groups (broad SMARTS) is 1. The number of benzene rings is 1. The minimum atomic E-state index is -1.45. The largest absolute Gasteiger partial charge is 0.479 e. The van der Waals surface area contributed by atoms with Crippen molar-refractivity contribution in [3.63, 3.8) is 0 Å². The summed E-state index contributed by atoms with van der Waals surface area (Å²) < 4.78 is 11.2. The van der Waals surface area contributed by atoms with Crippen LogP contribution in [0.25, 0.3) is 0 Å². The lowest BCUT2D eigenvalue weighted by atomic mass is 9.96. The van der Waals surface area contributed by atoms with Gasteiger partial charge in [0.25, 0.3) is 0 Å². The van der Waals surface area contributed by atoms with Crippen LogP contribution in [0.5, 0.6) is 0 Å². The molecule has 6 nitrogen and oxygen atoms in total. The van der Waals surface area contributed by atoms with Gasteiger partial charge in [-0.2, -0.15) is 0 Å². The van der Waals surface area contributed by atoms with Crippen molar-refractivity contribution in [1.29, 1.82) is 0 Å². The number of carboxylic acids is 1. The normalized spacial score (nSPS) is 24.0. The third-order valence-corrected chi connectivity index (χ3v) is 4.14. The molecule has 1 fully saturated rings. The fraction of sp³-hybridized carbons (Fsp3) is 0.556. The van der Waals surface area contributed by atoms with Gasteiger partial charge in [0.15, 0.2) is 5.54 Å². The minimum absolute atomic E-state index is 0.289. The maximum Gasteiger partial charge on any atom is 0.411 e. The zero-order chi connectivity index (χ0) is 18.0. The van der Waals surface area contributed by atoms with Crippen LogP contribution in [0.4, 0.5) is 4.79 Å². The number of likely N-dealkylation sites (tertiary alicyclic amines) is 1. The molecule has 0 aliphatic carbocycles. The number of nitrogens with zero attached hydrogens (tertiary/aromatic N) is 1. The Labute approximate surface area is 142 Å². The van der Waals surface area contributed by atoms with Gasteiger partial charge in [0.1, 0.15) is 5.60 Å². The van der Waals surface area contributed by atoms with Crippen LogP contribution >= 0.6 is 0 Å². The third-order valence-electron chi connectivity index (χ3n) is 4.14. The second kappa shape index (κ2) is 6.81. The van der Waals surface area contributed by atoms with E-state index in [1.54, 1.807) is 20.8 Å². The number of hydrogen-bond acceptors (Lipinski definition) is 4. The predicted molar refractivity (Wildman–Crippen MR) is 88.6 cm³/mol. The topological polar surface area (TPSA) is 76.1 Å². The standard InChI is InChI=1S/C18H25NO5/c1-17(2,3)24-16(22)19-11-10-14(18(19,4)15(20)21)23-12-13-8-6-5-7-9-13/h5-9,14H,10-12H2,1-4H3,(H,20,21). The van der Waals surface area contributed by atoms with Gasteiger partial charge in [0, 0.05) is 6.54 Å². The van der Waals surface area contributed by atoms with Crippen molar-refractivity contribution in [2.45, 2.75) is 58.0 Å². The van der Waals surface area contributed by atoms with Crippen molar-refractivity contribution in [2.24, 2.45) is 0 Å². The average molecular weight is 335 g/mol. The highest BCUT2D eigenvalue weighted by atomic mass is 16.6. The summed E-state index contributed by atoms with van der Waals surface area (Å²) >= 11 is 0. The first-order valence-electron chi connectivity index (χ1n) is 8.04. The van der Waals surface area contributed by atoms with Crippen LogP contribution in [0, 0.1) is 0 Å². The van der Waals surface area contributed by atoms with E-state index in [4.69, 9.17) is 9.47 Å². The summed E-state index contributed by atoms with van der Waals surface area (Å²) in [5.74, 6) is -1.09. The lowest BCUT2D eigenvalue weighted by Gasteiger charge is -2.36. The Morgan fingerprint density at radius 1 is 1.29 bits per heavy atom. The average Bonchev–Trinajstić information content (AvgIpc) is 2.83. The van der Waals surface area contributed by atoms with Gasteiger partial charge in [-0.05, 0) is 39.7 Å². The molecule has 132 valence electrons. The number of ether oxygens (including phenoxy) is 2. The van der Waals surface area contributed by atoms with Crippen molar-refractivity contribution in [2.75, 3.05) is 6.54 Å². The van der Waals surface area contributed by atoms with Crippen LogP contribution in [0.1, 0.15) is 39.7 Å². The van der Waals surface area contributed by atoms with Crippen LogP contribution in [0.3, 0.4) is 0 Å².